The van der Waals surface area contributed by atoms with Gasteiger partial charge in [-0.2, -0.15) is 0 Å². The Morgan fingerprint density at radius 2 is 2.20 bits per heavy atom. The van der Waals surface area contributed by atoms with Crippen molar-refractivity contribution in [1.29, 1.82) is 0 Å². The van der Waals surface area contributed by atoms with Crippen LogP contribution in [0.4, 0.5) is 5.69 Å². The van der Waals surface area contributed by atoms with Crippen molar-refractivity contribution in [2.75, 3.05) is 12.4 Å². The maximum atomic E-state index is 11.8. The van der Waals surface area contributed by atoms with Gasteiger partial charge in [0.1, 0.15) is 4.34 Å². The Bertz CT molecular complexity index is 623. The Labute approximate surface area is 135 Å². The van der Waals surface area contributed by atoms with E-state index in [1.54, 1.807) is 0 Å². The van der Waals surface area contributed by atoms with Crippen LogP contribution in [0.1, 0.15) is 20.8 Å². The van der Waals surface area contributed by atoms with Crippen molar-refractivity contribution in [2.45, 2.75) is 13.5 Å². The molecule has 1 heterocycles. The van der Waals surface area contributed by atoms with Crippen LogP contribution in [0.5, 0.6) is 0 Å². The fourth-order valence-electron chi connectivity index (χ4n) is 1.75. The third-order valence-corrected chi connectivity index (χ3v) is 5.20. The molecule has 3 nitrogen and oxygen atoms in total. The number of methoxy groups -OCH3 is 1. The van der Waals surface area contributed by atoms with Gasteiger partial charge in [0.2, 0.25) is 0 Å². The Morgan fingerprint density at radius 1 is 1.45 bits per heavy atom. The van der Waals surface area contributed by atoms with Gasteiger partial charge in [-0.25, -0.2) is 4.79 Å². The summed E-state index contributed by atoms with van der Waals surface area (Å²) in [5.74, 6) is -0.346. The van der Waals surface area contributed by atoms with Crippen molar-refractivity contribution in [1.82, 2.24) is 0 Å². The molecule has 0 aliphatic heterocycles. The molecule has 2 rings (SSSR count). The first-order valence-corrected chi connectivity index (χ1v) is 7.86. The molecule has 0 spiro atoms. The summed E-state index contributed by atoms with van der Waals surface area (Å²) in [5.41, 5.74) is 2.30. The summed E-state index contributed by atoms with van der Waals surface area (Å²) in [6, 6.07) is 7.61. The summed E-state index contributed by atoms with van der Waals surface area (Å²) in [6.45, 7) is 2.54. The van der Waals surface area contributed by atoms with E-state index in [9.17, 15) is 4.79 Å². The van der Waals surface area contributed by atoms with Gasteiger partial charge in [-0.15, -0.1) is 11.3 Å². The molecule has 20 heavy (non-hydrogen) atoms. The third-order valence-electron chi connectivity index (χ3n) is 2.73. The molecule has 0 aliphatic carbocycles. The van der Waals surface area contributed by atoms with E-state index in [1.165, 1.54) is 18.4 Å². The van der Waals surface area contributed by atoms with E-state index < -0.39 is 0 Å². The summed E-state index contributed by atoms with van der Waals surface area (Å²) in [7, 11) is 1.38. The highest BCUT2D eigenvalue weighted by atomic mass is 79.9. The van der Waals surface area contributed by atoms with E-state index in [1.807, 2.05) is 31.2 Å². The summed E-state index contributed by atoms with van der Waals surface area (Å²) >= 11 is 10.9. The molecule has 0 radical (unpaired) electrons. The molecule has 0 bridgehead atoms. The first-order chi connectivity index (χ1) is 9.51. The van der Waals surface area contributed by atoms with Crippen molar-refractivity contribution in [3.8, 4) is 0 Å². The third kappa shape index (κ3) is 3.53. The Hall–Kier alpha value is -1.04. The Balaban J connectivity index is 2.18. The van der Waals surface area contributed by atoms with Crippen molar-refractivity contribution < 1.29 is 9.53 Å². The van der Waals surface area contributed by atoms with Crippen LogP contribution in [-0.4, -0.2) is 13.1 Å². The summed E-state index contributed by atoms with van der Waals surface area (Å²) < 4.78 is 6.41. The standard InChI is InChI=1S/C14H13BrClNO2S/c1-8-3-4-12(10(5-8)14(18)19-2)17-7-9-6-11(15)13(16)20-9/h3-6,17H,7H2,1-2H3. The van der Waals surface area contributed by atoms with Gasteiger partial charge < -0.3 is 10.1 Å². The van der Waals surface area contributed by atoms with Crippen molar-refractivity contribution >= 4 is 50.5 Å². The fourth-order valence-corrected chi connectivity index (χ4v) is 3.48. The maximum absolute atomic E-state index is 11.8. The number of halogens is 2. The van der Waals surface area contributed by atoms with Crippen LogP contribution in [-0.2, 0) is 11.3 Å². The summed E-state index contributed by atoms with van der Waals surface area (Å²) in [5, 5.41) is 3.24. The van der Waals surface area contributed by atoms with Crippen LogP contribution in [0.2, 0.25) is 4.34 Å². The molecule has 1 aromatic carbocycles. The Kier molecular flexibility index (Phi) is 5.07. The van der Waals surface area contributed by atoms with Gasteiger partial charge in [0.15, 0.2) is 0 Å². The molecule has 0 unspecified atom stereocenters. The number of esters is 1. The minimum atomic E-state index is -0.346. The van der Waals surface area contributed by atoms with Crippen molar-refractivity contribution in [3.63, 3.8) is 0 Å². The number of rotatable bonds is 4. The number of nitrogens with one attached hydrogen (secondary N) is 1. The number of aryl methyl sites for hydroxylation is 1. The van der Waals surface area contributed by atoms with Gasteiger partial charge in [0, 0.05) is 21.6 Å². The largest absolute Gasteiger partial charge is 0.465 e. The molecule has 1 N–H and O–H groups in total. The molecular weight excluding hydrogens is 362 g/mol. The highest BCUT2D eigenvalue weighted by molar-refractivity contribution is 9.10. The highest BCUT2D eigenvalue weighted by Crippen LogP contribution is 2.32. The number of hydrogen-bond acceptors (Lipinski definition) is 4. The van der Waals surface area contributed by atoms with Crippen LogP contribution in [0.25, 0.3) is 0 Å². The molecule has 2 aromatic rings. The lowest BCUT2D eigenvalue weighted by Gasteiger charge is -2.10. The number of benzene rings is 1. The van der Waals surface area contributed by atoms with E-state index in [0.717, 1.165) is 24.9 Å². The second kappa shape index (κ2) is 6.61. The van der Waals surface area contributed by atoms with Crippen LogP contribution >= 0.6 is 38.9 Å². The molecule has 0 fully saturated rings. The minimum absolute atomic E-state index is 0.346. The number of anilines is 1. The number of ether oxygens (including phenoxy) is 1. The highest BCUT2D eigenvalue weighted by Gasteiger charge is 2.12. The normalized spacial score (nSPS) is 10.4. The molecule has 0 aliphatic rings. The number of thiophene rings is 1. The molecular formula is C14H13BrClNO2S. The van der Waals surface area contributed by atoms with Gasteiger partial charge in [-0.3, -0.25) is 0 Å². The van der Waals surface area contributed by atoms with Gasteiger partial charge >= 0.3 is 5.97 Å². The summed E-state index contributed by atoms with van der Waals surface area (Å²) in [6.07, 6.45) is 0. The average Bonchev–Trinajstić information content (AvgIpc) is 2.75. The molecule has 0 saturated heterocycles. The van der Waals surface area contributed by atoms with E-state index in [2.05, 4.69) is 21.2 Å². The summed E-state index contributed by atoms with van der Waals surface area (Å²) in [4.78, 5) is 12.8. The monoisotopic (exact) mass is 373 g/mol. The average molecular weight is 375 g/mol. The molecule has 106 valence electrons. The number of carbonyl (C=O) groups is 1. The Morgan fingerprint density at radius 3 is 2.80 bits per heavy atom. The van der Waals surface area contributed by atoms with Gasteiger partial charge in [0.05, 0.1) is 12.7 Å². The molecule has 0 amide bonds. The fraction of sp³-hybridized carbons (Fsp3) is 0.214. The minimum Gasteiger partial charge on any atom is -0.465 e. The zero-order chi connectivity index (χ0) is 14.7. The maximum Gasteiger partial charge on any atom is 0.339 e. The lowest BCUT2D eigenvalue weighted by atomic mass is 10.1. The van der Waals surface area contributed by atoms with E-state index in [4.69, 9.17) is 16.3 Å². The number of hydrogen-bond donors (Lipinski definition) is 1. The zero-order valence-corrected chi connectivity index (χ0v) is 14.2. The second-order valence-corrected chi connectivity index (χ2v) is 6.82. The van der Waals surface area contributed by atoms with Crippen LogP contribution < -0.4 is 5.32 Å². The van der Waals surface area contributed by atoms with E-state index in [0.29, 0.717) is 12.1 Å². The molecule has 6 heteroatoms. The van der Waals surface area contributed by atoms with E-state index >= 15 is 0 Å². The smallest absolute Gasteiger partial charge is 0.339 e. The number of carbonyl (C=O) groups excluding carboxylic acids is 1. The van der Waals surface area contributed by atoms with Crippen LogP contribution in [0.3, 0.4) is 0 Å². The van der Waals surface area contributed by atoms with Gasteiger partial charge in [-0.05, 0) is 41.1 Å². The molecule has 1 aromatic heterocycles. The predicted molar refractivity (Wildman–Crippen MR) is 86.9 cm³/mol. The first-order valence-electron chi connectivity index (χ1n) is 5.88. The van der Waals surface area contributed by atoms with Gasteiger partial charge in [-0.1, -0.05) is 23.2 Å². The van der Waals surface area contributed by atoms with Gasteiger partial charge in [0.25, 0.3) is 0 Å². The SMILES string of the molecule is COC(=O)c1cc(C)ccc1NCc1cc(Br)c(Cl)s1. The van der Waals surface area contributed by atoms with Crippen molar-refractivity contribution in [3.05, 3.63) is 49.1 Å². The quantitative estimate of drug-likeness (QED) is 0.776. The van der Waals surface area contributed by atoms with Crippen LogP contribution in [0, 0.1) is 6.92 Å². The molecule has 0 saturated carbocycles. The van der Waals surface area contributed by atoms with Crippen molar-refractivity contribution in [2.24, 2.45) is 0 Å². The lowest BCUT2D eigenvalue weighted by Crippen LogP contribution is -2.08. The van der Waals surface area contributed by atoms with E-state index in [-0.39, 0.29) is 5.97 Å². The van der Waals surface area contributed by atoms with Crippen LogP contribution in [0.15, 0.2) is 28.7 Å². The first kappa shape index (κ1) is 15.4. The lowest BCUT2D eigenvalue weighted by molar-refractivity contribution is 0.0601. The second-order valence-electron chi connectivity index (χ2n) is 4.23. The topological polar surface area (TPSA) is 38.3 Å². The molecule has 0 atom stereocenters. The predicted octanol–water partition coefficient (Wildman–Crippen LogP) is 4.87. The zero-order valence-electron chi connectivity index (χ0n) is 11.0.